The lowest BCUT2D eigenvalue weighted by Gasteiger charge is -2.31. The van der Waals surface area contributed by atoms with E-state index in [1.807, 2.05) is 29.2 Å². The van der Waals surface area contributed by atoms with Crippen LogP contribution in [0.15, 0.2) is 24.3 Å². The lowest BCUT2D eigenvalue weighted by atomic mass is 9.94. The molecule has 1 aromatic carbocycles. The van der Waals surface area contributed by atoms with Gasteiger partial charge in [-0.25, -0.2) is 0 Å². The molecule has 2 aromatic rings. The highest BCUT2D eigenvalue weighted by Gasteiger charge is 2.24. The third kappa shape index (κ3) is 2.95. The quantitative estimate of drug-likeness (QED) is 0.911. The Bertz CT molecular complexity index is 657. The predicted octanol–water partition coefficient (Wildman–Crippen LogP) is 2.41. The SMILES string of the molecule is COc1ccc2[nH]c(C(=O)N3CCC(CCO)CC3)cc2c1. The number of ether oxygens (including phenoxy) is 1. The fourth-order valence-corrected chi connectivity index (χ4v) is 3.13. The molecule has 0 unspecified atom stereocenters. The van der Waals surface area contributed by atoms with Crippen molar-refractivity contribution in [3.8, 4) is 5.75 Å². The summed E-state index contributed by atoms with van der Waals surface area (Å²) in [6.45, 7) is 1.77. The zero-order chi connectivity index (χ0) is 15.5. The smallest absolute Gasteiger partial charge is 0.270 e. The number of nitrogens with one attached hydrogen (secondary N) is 1. The molecule has 1 amide bonds. The molecular weight excluding hydrogens is 280 g/mol. The van der Waals surface area contributed by atoms with Gasteiger partial charge in [-0.1, -0.05) is 0 Å². The summed E-state index contributed by atoms with van der Waals surface area (Å²) in [6.07, 6.45) is 2.79. The van der Waals surface area contributed by atoms with Gasteiger partial charge in [0, 0.05) is 30.6 Å². The molecule has 1 aromatic heterocycles. The Balaban J connectivity index is 1.72. The summed E-state index contributed by atoms with van der Waals surface area (Å²) in [7, 11) is 1.64. The molecule has 0 radical (unpaired) electrons. The maximum Gasteiger partial charge on any atom is 0.270 e. The van der Waals surface area contributed by atoms with Crippen LogP contribution in [0.4, 0.5) is 0 Å². The summed E-state index contributed by atoms with van der Waals surface area (Å²) < 4.78 is 5.21. The summed E-state index contributed by atoms with van der Waals surface area (Å²) >= 11 is 0. The maximum atomic E-state index is 12.6. The van der Waals surface area contributed by atoms with E-state index in [1.165, 1.54) is 0 Å². The van der Waals surface area contributed by atoms with Crippen LogP contribution in [0.25, 0.3) is 10.9 Å². The van der Waals surface area contributed by atoms with Crippen LogP contribution in [-0.2, 0) is 0 Å². The van der Waals surface area contributed by atoms with Gasteiger partial charge in [0.15, 0.2) is 0 Å². The first-order valence-corrected chi connectivity index (χ1v) is 7.78. The van der Waals surface area contributed by atoms with E-state index in [-0.39, 0.29) is 12.5 Å². The number of methoxy groups -OCH3 is 1. The molecule has 5 nitrogen and oxygen atoms in total. The topological polar surface area (TPSA) is 65.6 Å². The van der Waals surface area contributed by atoms with Crippen molar-refractivity contribution in [1.29, 1.82) is 0 Å². The maximum absolute atomic E-state index is 12.6. The van der Waals surface area contributed by atoms with Crippen molar-refractivity contribution in [3.05, 3.63) is 30.0 Å². The Hall–Kier alpha value is -2.01. The van der Waals surface area contributed by atoms with Gasteiger partial charge < -0.3 is 19.7 Å². The number of nitrogens with zero attached hydrogens (tertiary/aromatic N) is 1. The number of aromatic amines is 1. The number of carbonyl (C=O) groups is 1. The van der Waals surface area contributed by atoms with E-state index in [4.69, 9.17) is 9.84 Å². The van der Waals surface area contributed by atoms with Gasteiger partial charge in [0.1, 0.15) is 11.4 Å². The summed E-state index contributed by atoms with van der Waals surface area (Å²) in [5, 5.41) is 9.98. The second-order valence-electron chi connectivity index (χ2n) is 5.88. The monoisotopic (exact) mass is 302 g/mol. The molecule has 3 rings (SSSR count). The summed E-state index contributed by atoms with van der Waals surface area (Å²) in [5.41, 5.74) is 1.57. The molecule has 1 saturated heterocycles. The third-order valence-electron chi connectivity index (χ3n) is 4.50. The van der Waals surface area contributed by atoms with Crippen LogP contribution in [0.3, 0.4) is 0 Å². The zero-order valence-corrected chi connectivity index (χ0v) is 12.8. The number of fused-ring (bicyclic) bond motifs is 1. The molecule has 0 spiro atoms. The minimum absolute atomic E-state index is 0.0533. The van der Waals surface area contributed by atoms with E-state index in [9.17, 15) is 4.79 Å². The molecule has 2 heterocycles. The molecule has 1 fully saturated rings. The van der Waals surface area contributed by atoms with E-state index in [0.29, 0.717) is 11.6 Å². The van der Waals surface area contributed by atoms with Crippen molar-refractivity contribution in [2.45, 2.75) is 19.3 Å². The molecular formula is C17H22N2O3. The van der Waals surface area contributed by atoms with Crippen LogP contribution in [0.1, 0.15) is 29.8 Å². The normalized spacial score (nSPS) is 16.2. The van der Waals surface area contributed by atoms with Gasteiger partial charge in [-0.15, -0.1) is 0 Å². The standard InChI is InChI=1S/C17H22N2O3/c1-22-14-2-3-15-13(10-14)11-16(18-15)17(21)19-7-4-12(5-8-19)6-9-20/h2-3,10-12,18,20H,4-9H2,1H3. The van der Waals surface area contributed by atoms with Crippen molar-refractivity contribution >= 4 is 16.8 Å². The Kier molecular flexibility index (Phi) is 4.34. The molecule has 0 aliphatic carbocycles. The number of H-pyrrole nitrogens is 1. The first-order chi connectivity index (χ1) is 10.7. The Labute approximate surface area is 129 Å². The van der Waals surface area contributed by atoms with Crippen molar-refractivity contribution in [3.63, 3.8) is 0 Å². The van der Waals surface area contributed by atoms with Gasteiger partial charge >= 0.3 is 0 Å². The molecule has 0 atom stereocenters. The summed E-state index contributed by atoms with van der Waals surface area (Å²) in [5.74, 6) is 1.38. The zero-order valence-electron chi connectivity index (χ0n) is 12.8. The molecule has 22 heavy (non-hydrogen) atoms. The predicted molar refractivity (Wildman–Crippen MR) is 85.2 cm³/mol. The minimum Gasteiger partial charge on any atom is -0.497 e. The minimum atomic E-state index is 0.0533. The number of likely N-dealkylation sites (tertiary alicyclic amines) is 1. The second kappa shape index (κ2) is 6.40. The van der Waals surface area contributed by atoms with Crippen LogP contribution >= 0.6 is 0 Å². The van der Waals surface area contributed by atoms with Gasteiger partial charge in [-0.2, -0.15) is 0 Å². The van der Waals surface area contributed by atoms with E-state index >= 15 is 0 Å². The number of carbonyl (C=O) groups excluding carboxylic acids is 1. The van der Waals surface area contributed by atoms with Gasteiger partial charge in [0.2, 0.25) is 0 Å². The van der Waals surface area contributed by atoms with Gasteiger partial charge in [0.25, 0.3) is 5.91 Å². The van der Waals surface area contributed by atoms with E-state index in [0.717, 1.165) is 49.0 Å². The number of piperidine rings is 1. The highest BCUT2D eigenvalue weighted by Crippen LogP contribution is 2.24. The fourth-order valence-electron chi connectivity index (χ4n) is 3.13. The van der Waals surface area contributed by atoms with Crippen molar-refractivity contribution in [2.24, 2.45) is 5.92 Å². The Morgan fingerprint density at radius 1 is 1.36 bits per heavy atom. The number of aliphatic hydroxyl groups excluding tert-OH is 1. The van der Waals surface area contributed by atoms with Crippen molar-refractivity contribution in [2.75, 3.05) is 26.8 Å². The number of aromatic nitrogens is 1. The molecule has 118 valence electrons. The van der Waals surface area contributed by atoms with Crippen LogP contribution in [0, 0.1) is 5.92 Å². The number of hydrogen-bond acceptors (Lipinski definition) is 3. The van der Waals surface area contributed by atoms with Crippen molar-refractivity contribution in [1.82, 2.24) is 9.88 Å². The molecule has 1 aliphatic heterocycles. The van der Waals surface area contributed by atoms with Crippen LogP contribution in [-0.4, -0.2) is 47.7 Å². The third-order valence-corrected chi connectivity index (χ3v) is 4.50. The molecule has 1 aliphatic rings. The average Bonchev–Trinajstić information content (AvgIpc) is 2.98. The van der Waals surface area contributed by atoms with Gasteiger partial charge in [-0.3, -0.25) is 4.79 Å². The molecule has 5 heteroatoms. The first kappa shape index (κ1) is 14.9. The Morgan fingerprint density at radius 3 is 2.82 bits per heavy atom. The number of amides is 1. The first-order valence-electron chi connectivity index (χ1n) is 7.78. The molecule has 0 bridgehead atoms. The van der Waals surface area contributed by atoms with E-state index in [2.05, 4.69) is 4.98 Å². The number of benzene rings is 1. The summed E-state index contributed by atoms with van der Waals surface area (Å²) in [6, 6.07) is 7.63. The number of aliphatic hydroxyl groups is 1. The number of rotatable bonds is 4. The lowest BCUT2D eigenvalue weighted by molar-refractivity contribution is 0.0673. The second-order valence-corrected chi connectivity index (χ2v) is 5.88. The largest absolute Gasteiger partial charge is 0.497 e. The lowest BCUT2D eigenvalue weighted by Crippen LogP contribution is -2.38. The molecule has 2 N–H and O–H groups in total. The van der Waals surface area contributed by atoms with Crippen LogP contribution in [0.5, 0.6) is 5.75 Å². The molecule has 0 saturated carbocycles. The van der Waals surface area contributed by atoms with Crippen LogP contribution < -0.4 is 4.74 Å². The van der Waals surface area contributed by atoms with Gasteiger partial charge in [0.05, 0.1) is 7.11 Å². The Morgan fingerprint density at radius 2 is 2.14 bits per heavy atom. The number of hydrogen-bond donors (Lipinski definition) is 2. The van der Waals surface area contributed by atoms with Crippen molar-refractivity contribution < 1.29 is 14.6 Å². The fraction of sp³-hybridized carbons (Fsp3) is 0.471. The van der Waals surface area contributed by atoms with Crippen LogP contribution in [0.2, 0.25) is 0 Å². The van der Waals surface area contributed by atoms with E-state index < -0.39 is 0 Å². The highest BCUT2D eigenvalue weighted by atomic mass is 16.5. The summed E-state index contributed by atoms with van der Waals surface area (Å²) in [4.78, 5) is 17.7. The average molecular weight is 302 g/mol. The van der Waals surface area contributed by atoms with E-state index in [1.54, 1.807) is 7.11 Å². The van der Waals surface area contributed by atoms with Gasteiger partial charge in [-0.05, 0) is 49.4 Å². The highest BCUT2D eigenvalue weighted by molar-refractivity contribution is 5.98.